The van der Waals surface area contributed by atoms with Gasteiger partial charge in [-0.25, -0.2) is 9.50 Å². The van der Waals surface area contributed by atoms with Gasteiger partial charge in [-0.15, -0.1) is 0 Å². The van der Waals surface area contributed by atoms with E-state index in [9.17, 15) is 4.79 Å². The van der Waals surface area contributed by atoms with Crippen LogP contribution in [0.15, 0.2) is 6.20 Å². The average Bonchev–Trinajstić information content (AvgIpc) is 3.04. The smallest absolute Gasteiger partial charge is 0.222 e. The molecule has 7 nitrogen and oxygen atoms in total. The molecule has 0 aromatic carbocycles. The zero-order chi connectivity index (χ0) is 18.7. The number of hydrogen-bond acceptors (Lipinski definition) is 5. The van der Waals surface area contributed by atoms with Gasteiger partial charge in [-0.1, -0.05) is 0 Å². The number of likely N-dealkylation sites (tertiary alicyclic amines) is 1. The number of hydrogen-bond donors (Lipinski definition) is 0. The predicted molar refractivity (Wildman–Crippen MR) is 96.7 cm³/mol. The zero-order valence-corrected chi connectivity index (χ0v) is 15.7. The van der Waals surface area contributed by atoms with Crippen molar-refractivity contribution in [2.24, 2.45) is 0 Å². The largest absolute Gasteiger partial charge is 0.377 e. The Hall–Kier alpha value is -2.46. The van der Waals surface area contributed by atoms with Crippen LogP contribution in [0.3, 0.4) is 0 Å². The topological polar surface area (TPSA) is 83.5 Å². The van der Waals surface area contributed by atoms with Crippen LogP contribution in [0.4, 0.5) is 0 Å². The minimum Gasteiger partial charge on any atom is -0.377 e. The maximum Gasteiger partial charge on any atom is 0.222 e. The summed E-state index contributed by atoms with van der Waals surface area (Å²) in [6.07, 6.45) is 4.78. The van der Waals surface area contributed by atoms with E-state index in [4.69, 9.17) is 10.00 Å². The number of aromatic nitrogens is 3. The highest BCUT2D eigenvalue weighted by Crippen LogP contribution is 2.20. The van der Waals surface area contributed by atoms with E-state index < -0.39 is 0 Å². The van der Waals surface area contributed by atoms with Crippen molar-refractivity contribution in [1.82, 2.24) is 19.5 Å². The molecule has 0 bridgehead atoms. The maximum atomic E-state index is 12.6. The van der Waals surface area contributed by atoms with Crippen molar-refractivity contribution in [3.05, 3.63) is 28.7 Å². The van der Waals surface area contributed by atoms with Crippen LogP contribution in [0.5, 0.6) is 0 Å². The molecule has 138 valence electrons. The molecule has 7 heteroatoms. The number of rotatable bonds is 5. The number of carbonyl (C=O) groups excluding carboxylic acids is 1. The Labute approximate surface area is 153 Å². The summed E-state index contributed by atoms with van der Waals surface area (Å²) in [5, 5.41) is 13.4. The molecule has 3 heterocycles. The van der Waals surface area contributed by atoms with Gasteiger partial charge in [0.05, 0.1) is 12.3 Å². The van der Waals surface area contributed by atoms with Crippen molar-refractivity contribution in [2.75, 3.05) is 19.7 Å². The summed E-state index contributed by atoms with van der Waals surface area (Å²) in [5.74, 6) is 0.159. The lowest BCUT2D eigenvalue weighted by Crippen LogP contribution is -2.43. The van der Waals surface area contributed by atoms with E-state index in [0.29, 0.717) is 37.2 Å². The van der Waals surface area contributed by atoms with E-state index in [-0.39, 0.29) is 12.0 Å². The molecule has 0 spiro atoms. The van der Waals surface area contributed by atoms with Crippen LogP contribution in [0.2, 0.25) is 0 Å². The van der Waals surface area contributed by atoms with Crippen molar-refractivity contribution >= 4 is 11.6 Å². The zero-order valence-electron chi connectivity index (χ0n) is 15.7. The lowest BCUT2D eigenvalue weighted by Gasteiger charge is -2.32. The van der Waals surface area contributed by atoms with Gasteiger partial charge in [-0.3, -0.25) is 4.79 Å². The molecule has 1 aliphatic rings. The van der Waals surface area contributed by atoms with E-state index in [1.54, 1.807) is 4.52 Å². The number of amides is 1. The molecule has 0 N–H and O–H groups in total. The van der Waals surface area contributed by atoms with Crippen molar-refractivity contribution in [2.45, 2.75) is 52.6 Å². The minimum absolute atomic E-state index is 0.159. The van der Waals surface area contributed by atoms with E-state index in [2.05, 4.69) is 16.2 Å². The number of ether oxygens (including phenoxy) is 1. The average molecular weight is 355 g/mol. The third-order valence-corrected chi connectivity index (χ3v) is 5.05. The number of fused-ring (bicyclic) bond motifs is 1. The Morgan fingerprint density at radius 1 is 1.46 bits per heavy atom. The summed E-state index contributed by atoms with van der Waals surface area (Å²) in [4.78, 5) is 19.1. The van der Waals surface area contributed by atoms with Crippen LogP contribution < -0.4 is 0 Å². The Morgan fingerprint density at radius 3 is 3.00 bits per heavy atom. The Kier molecular flexibility index (Phi) is 5.52. The molecule has 1 saturated heterocycles. The lowest BCUT2D eigenvalue weighted by atomic mass is 10.0. The highest BCUT2D eigenvalue weighted by Gasteiger charge is 2.24. The van der Waals surface area contributed by atoms with Crippen molar-refractivity contribution in [3.8, 4) is 6.07 Å². The minimum atomic E-state index is 0.159. The monoisotopic (exact) mass is 355 g/mol. The normalized spacial score (nSPS) is 17.5. The molecule has 3 rings (SSSR count). The van der Waals surface area contributed by atoms with Gasteiger partial charge in [0.2, 0.25) is 5.91 Å². The Bertz CT molecular complexity index is 850. The maximum absolute atomic E-state index is 12.6. The van der Waals surface area contributed by atoms with Gasteiger partial charge in [0.25, 0.3) is 0 Å². The first-order chi connectivity index (χ1) is 12.5. The van der Waals surface area contributed by atoms with Gasteiger partial charge in [-0.2, -0.15) is 10.4 Å². The van der Waals surface area contributed by atoms with Crippen molar-refractivity contribution in [1.29, 1.82) is 5.26 Å². The first kappa shape index (κ1) is 18.3. The summed E-state index contributed by atoms with van der Waals surface area (Å²) in [6.45, 7) is 8.05. The standard InChI is InChI=1S/C19H25N5O2/c1-4-26-16-6-5-9-23(12-16)18(25)8-7-17-13(2)22-19-15(10-20)11-21-24(19)14(17)3/h11,16H,4-9,12H2,1-3H3. The van der Waals surface area contributed by atoms with Gasteiger partial charge < -0.3 is 9.64 Å². The molecule has 26 heavy (non-hydrogen) atoms. The quantitative estimate of drug-likeness (QED) is 0.821. The van der Waals surface area contributed by atoms with E-state index in [1.165, 1.54) is 6.20 Å². The molecule has 0 radical (unpaired) electrons. The number of nitrogens with zero attached hydrogens (tertiary/aromatic N) is 5. The second kappa shape index (κ2) is 7.83. The molecule has 2 aromatic rings. The molecular formula is C19H25N5O2. The van der Waals surface area contributed by atoms with Crippen LogP contribution >= 0.6 is 0 Å². The van der Waals surface area contributed by atoms with Crippen LogP contribution in [0, 0.1) is 25.2 Å². The molecular weight excluding hydrogens is 330 g/mol. The highest BCUT2D eigenvalue weighted by molar-refractivity contribution is 5.76. The summed E-state index contributed by atoms with van der Waals surface area (Å²) < 4.78 is 7.38. The molecule has 1 amide bonds. The van der Waals surface area contributed by atoms with Gasteiger partial charge in [-0.05, 0) is 45.6 Å². The predicted octanol–water partition coefficient (Wildman–Crippen LogP) is 2.18. The van der Waals surface area contributed by atoms with E-state index in [1.807, 2.05) is 25.7 Å². The second-order valence-electron chi connectivity index (χ2n) is 6.73. The van der Waals surface area contributed by atoms with Gasteiger partial charge in [0, 0.05) is 37.5 Å². The molecule has 0 aliphatic carbocycles. The fourth-order valence-electron chi connectivity index (χ4n) is 3.68. The number of nitriles is 1. The molecule has 1 unspecified atom stereocenters. The third-order valence-electron chi connectivity index (χ3n) is 5.05. The fourth-order valence-corrected chi connectivity index (χ4v) is 3.68. The highest BCUT2D eigenvalue weighted by atomic mass is 16.5. The first-order valence-electron chi connectivity index (χ1n) is 9.18. The number of carbonyl (C=O) groups is 1. The van der Waals surface area contributed by atoms with E-state index in [0.717, 1.165) is 36.3 Å². The number of piperidine rings is 1. The summed E-state index contributed by atoms with van der Waals surface area (Å²) in [6, 6.07) is 2.11. The van der Waals surface area contributed by atoms with Gasteiger partial charge in [0.15, 0.2) is 5.65 Å². The molecule has 2 aromatic heterocycles. The second-order valence-corrected chi connectivity index (χ2v) is 6.73. The van der Waals surface area contributed by atoms with Crippen LogP contribution in [0.1, 0.15) is 48.7 Å². The third kappa shape index (κ3) is 3.56. The lowest BCUT2D eigenvalue weighted by molar-refractivity contribution is -0.135. The van der Waals surface area contributed by atoms with Crippen LogP contribution in [-0.2, 0) is 16.0 Å². The molecule has 1 fully saturated rings. The summed E-state index contributed by atoms with van der Waals surface area (Å²) in [7, 11) is 0. The number of aryl methyl sites for hydroxylation is 2. The molecule has 0 saturated carbocycles. The van der Waals surface area contributed by atoms with E-state index >= 15 is 0 Å². The molecule has 1 atom stereocenters. The Morgan fingerprint density at radius 2 is 2.27 bits per heavy atom. The van der Waals surface area contributed by atoms with Gasteiger partial charge >= 0.3 is 0 Å². The first-order valence-corrected chi connectivity index (χ1v) is 9.18. The van der Waals surface area contributed by atoms with Gasteiger partial charge in [0.1, 0.15) is 11.6 Å². The van der Waals surface area contributed by atoms with Crippen LogP contribution in [-0.4, -0.2) is 51.2 Å². The SMILES string of the molecule is CCOC1CCCN(C(=O)CCc2c(C)nc3c(C#N)cnn3c2C)C1. The van der Waals surface area contributed by atoms with Crippen molar-refractivity contribution < 1.29 is 9.53 Å². The summed E-state index contributed by atoms with van der Waals surface area (Å²) >= 11 is 0. The summed E-state index contributed by atoms with van der Waals surface area (Å²) in [5.41, 5.74) is 3.86. The fraction of sp³-hybridized carbons (Fsp3) is 0.579. The van der Waals surface area contributed by atoms with Crippen molar-refractivity contribution in [3.63, 3.8) is 0 Å². The Balaban J connectivity index is 1.71. The van der Waals surface area contributed by atoms with Crippen LogP contribution in [0.25, 0.3) is 5.65 Å². The molecule has 1 aliphatic heterocycles.